The number of nitrogen functional groups attached to an aromatic ring is 1. The zero-order chi connectivity index (χ0) is 21.2. The van der Waals surface area contributed by atoms with Crippen molar-refractivity contribution in [2.24, 2.45) is 4.99 Å². The monoisotopic (exact) mass is 423 g/mol. The minimum Gasteiger partial charge on any atom is -0.488 e. The molecule has 2 heterocycles. The summed E-state index contributed by atoms with van der Waals surface area (Å²) in [4.78, 5) is 23.3. The van der Waals surface area contributed by atoms with Gasteiger partial charge in [0.15, 0.2) is 0 Å². The molecule has 1 aromatic heterocycles. The van der Waals surface area contributed by atoms with Gasteiger partial charge in [-0.25, -0.2) is 13.8 Å². The second-order valence-corrected chi connectivity index (χ2v) is 7.89. The van der Waals surface area contributed by atoms with Crippen molar-refractivity contribution in [1.29, 1.82) is 0 Å². The number of likely N-dealkylation sites (N-methyl/N-ethyl adjacent to an activating group) is 1. The largest absolute Gasteiger partial charge is 0.488 e. The number of nitrogens with one attached hydrogen (secondary N) is 1. The number of thiazole rings is 1. The van der Waals surface area contributed by atoms with E-state index in [1.807, 2.05) is 6.92 Å². The maximum absolute atomic E-state index is 14.1. The molecule has 1 saturated heterocycles. The molecule has 1 aliphatic heterocycles. The third-order valence-corrected chi connectivity index (χ3v) is 5.63. The predicted molar refractivity (Wildman–Crippen MR) is 109 cm³/mol. The van der Waals surface area contributed by atoms with Crippen LogP contribution in [0.15, 0.2) is 28.7 Å². The number of hydrogen-bond donors (Lipinski definition) is 2. The SMILES string of the molecule is CN=C(C(=O)NC1CN(C)CC1(F)F)c1cc(OCc2scnc2C)ccc1N. The highest BCUT2D eigenvalue weighted by atomic mass is 32.1. The summed E-state index contributed by atoms with van der Waals surface area (Å²) in [6.07, 6.45) is 0. The Morgan fingerprint density at radius 2 is 2.28 bits per heavy atom. The fourth-order valence-electron chi connectivity index (χ4n) is 3.15. The molecule has 7 nitrogen and oxygen atoms in total. The highest BCUT2D eigenvalue weighted by Crippen LogP contribution is 2.27. The van der Waals surface area contributed by atoms with Crippen LogP contribution >= 0.6 is 11.3 Å². The molecule has 156 valence electrons. The number of aryl methyl sites for hydroxylation is 1. The molecule has 1 atom stereocenters. The van der Waals surface area contributed by atoms with Crippen molar-refractivity contribution < 1.29 is 18.3 Å². The zero-order valence-electron chi connectivity index (χ0n) is 16.4. The lowest BCUT2D eigenvalue weighted by Crippen LogP contribution is -2.49. The van der Waals surface area contributed by atoms with Crippen LogP contribution in [0, 0.1) is 6.92 Å². The number of nitrogens with two attached hydrogens (primary N) is 1. The Hall–Kier alpha value is -2.59. The van der Waals surface area contributed by atoms with Gasteiger partial charge in [0.05, 0.1) is 22.6 Å². The highest BCUT2D eigenvalue weighted by Gasteiger charge is 2.47. The number of alkyl halides is 2. The number of halogens is 2. The van der Waals surface area contributed by atoms with Crippen LogP contribution in [-0.4, -0.2) is 60.7 Å². The molecular weight excluding hydrogens is 400 g/mol. The number of ether oxygens (including phenoxy) is 1. The predicted octanol–water partition coefficient (Wildman–Crippen LogP) is 2.10. The molecular formula is C19H23F2N5O2S. The zero-order valence-corrected chi connectivity index (χ0v) is 17.2. The Kier molecular flexibility index (Phi) is 6.13. The van der Waals surface area contributed by atoms with Crippen molar-refractivity contribution >= 4 is 28.6 Å². The van der Waals surface area contributed by atoms with E-state index in [1.165, 1.54) is 23.3 Å². The van der Waals surface area contributed by atoms with E-state index in [-0.39, 0.29) is 12.3 Å². The molecule has 10 heteroatoms. The quantitative estimate of drug-likeness (QED) is 0.548. The van der Waals surface area contributed by atoms with Gasteiger partial charge in [-0.15, -0.1) is 11.3 Å². The van der Waals surface area contributed by atoms with Gasteiger partial charge in [0, 0.05) is 24.8 Å². The fourth-order valence-corrected chi connectivity index (χ4v) is 3.83. The smallest absolute Gasteiger partial charge is 0.281 e. The number of benzene rings is 1. The van der Waals surface area contributed by atoms with E-state index in [1.54, 1.807) is 30.8 Å². The summed E-state index contributed by atoms with van der Waals surface area (Å²) >= 11 is 1.49. The summed E-state index contributed by atoms with van der Waals surface area (Å²) in [7, 11) is 3.00. The highest BCUT2D eigenvalue weighted by molar-refractivity contribution is 7.09. The first-order valence-electron chi connectivity index (χ1n) is 8.97. The number of nitrogens with zero attached hydrogens (tertiary/aromatic N) is 3. The molecule has 3 N–H and O–H groups in total. The van der Waals surface area contributed by atoms with Crippen LogP contribution in [0.2, 0.25) is 0 Å². The van der Waals surface area contributed by atoms with Gasteiger partial charge < -0.3 is 15.8 Å². The van der Waals surface area contributed by atoms with Crippen molar-refractivity contribution in [1.82, 2.24) is 15.2 Å². The van der Waals surface area contributed by atoms with Crippen LogP contribution in [-0.2, 0) is 11.4 Å². The molecule has 0 aliphatic carbocycles. The van der Waals surface area contributed by atoms with E-state index in [0.29, 0.717) is 23.6 Å². The molecule has 1 unspecified atom stereocenters. The molecule has 0 spiro atoms. The second kappa shape index (κ2) is 8.42. The lowest BCUT2D eigenvalue weighted by molar-refractivity contribution is -0.117. The van der Waals surface area contributed by atoms with Crippen LogP contribution in [0.1, 0.15) is 16.1 Å². The van der Waals surface area contributed by atoms with Crippen LogP contribution in [0.5, 0.6) is 5.75 Å². The molecule has 1 aromatic carbocycles. The number of aliphatic imine (C=N–C) groups is 1. The van der Waals surface area contributed by atoms with E-state index in [9.17, 15) is 13.6 Å². The summed E-state index contributed by atoms with van der Waals surface area (Å²) in [6.45, 7) is 1.87. The van der Waals surface area contributed by atoms with Crippen LogP contribution < -0.4 is 15.8 Å². The Morgan fingerprint density at radius 3 is 2.86 bits per heavy atom. The van der Waals surface area contributed by atoms with Gasteiger partial charge in [-0.3, -0.25) is 14.7 Å². The molecule has 1 amide bonds. The number of carbonyl (C=O) groups is 1. The lowest BCUT2D eigenvalue weighted by atomic mass is 10.1. The molecule has 2 aromatic rings. The van der Waals surface area contributed by atoms with Crippen molar-refractivity contribution in [3.63, 3.8) is 0 Å². The minimum absolute atomic E-state index is 0.0210. The maximum Gasteiger partial charge on any atom is 0.281 e. The summed E-state index contributed by atoms with van der Waals surface area (Å²) in [6, 6.07) is 3.58. The topological polar surface area (TPSA) is 92.8 Å². The van der Waals surface area contributed by atoms with Crippen LogP contribution in [0.3, 0.4) is 0 Å². The molecule has 0 radical (unpaired) electrons. The van der Waals surface area contributed by atoms with E-state index in [2.05, 4.69) is 15.3 Å². The Morgan fingerprint density at radius 1 is 1.52 bits per heavy atom. The second-order valence-electron chi connectivity index (χ2n) is 6.95. The molecule has 29 heavy (non-hydrogen) atoms. The van der Waals surface area contributed by atoms with Gasteiger partial charge in [0.25, 0.3) is 11.8 Å². The number of amides is 1. The summed E-state index contributed by atoms with van der Waals surface area (Å²) in [5.41, 5.74) is 9.27. The van der Waals surface area contributed by atoms with Gasteiger partial charge in [-0.1, -0.05) is 0 Å². The first kappa shape index (κ1) is 21.1. The average Bonchev–Trinajstić information content (AvgIpc) is 3.17. The first-order valence-corrected chi connectivity index (χ1v) is 9.85. The van der Waals surface area contributed by atoms with E-state index >= 15 is 0 Å². The molecule has 1 fully saturated rings. The van der Waals surface area contributed by atoms with Crippen molar-refractivity contribution in [3.05, 3.63) is 39.8 Å². The van der Waals surface area contributed by atoms with E-state index in [4.69, 9.17) is 10.5 Å². The number of anilines is 1. The van der Waals surface area contributed by atoms with Crippen molar-refractivity contribution in [3.8, 4) is 5.75 Å². The summed E-state index contributed by atoms with van der Waals surface area (Å²) in [5.74, 6) is -3.22. The third kappa shape index (κ3) is 4.70. The number of carbonyl (C=O) groups excluding carboxylic acids is 1. The third-order valence-electron chi connectivity index (χ3n) is 4.72. The van der Waals surface area contributed by atoms with Gasteiger partial charge in [0.2, 0.25) is 0 Å². The fraction of sp³-hybridized carbons (Fsp3) is 0.421. The number of likely N-dealkylation sites (tertiary alicyclic amines) is 1. The molecule has 1 aliphatic rings. The Bertz CT molecular complexity index is 931. The van der Waals surface area contributed by atoms with Crippen LogP contribution in [0.25, 0.3) is 0 Å². The molecule has 3 rings (SSSR count). The standard InChI is InChI=1S/C19H23F2N5O2S/c1-11-15(29-10-24-11)8-28-12-4-5-14(22)13(6-12)17(23-2)18(27)25-16-7-26(3)9-19(16,20)21/h4-6,10,16H,7-9,22H2,1-3H3,(H,25,27). The summed E-state index contributed by atoms with van der Waals surface area (Å²) in [5, 5.41) is 2.39. The van der Waals surface area contributed by atoms with Gasteiger partial charge in [0.1, 0.15) is 24.1 Å². The van der Waals surface area contributed by atoms with Gasteiger partial charge >= 0.3 is 0 Å². The van der Waals surface area contributed by atoms with Gasteiger partial charge in [-0.2, -0.15) is 0 Å². The Labute approximate surface area is 171 Å². The number of hydrogen-bond acceptors (Lipinski definition) is 7. The van der Waals surface area contributed by atoms with Crippen molar-refractivity contribution in [2.45, 2.75) is 25.5 Å². The maximum atomic E-state index is 14.1. The van der Waals surface area contributed by atoms with Crippen molar-refractivity contribution in [2.75, 3.05) is 32.9 Å². The van der Waals surface area contributed by atoms with E-state index < -0.39 is 24.4 Å². The van der Waals surface area contributed by atoms with Crippen LogP contribution in [0.4, 0.5) is 14.5 Å². The number of rotatable bonds is 6. The first-order chi connectivity index (χ1) is 13.7. The average molecular weight is 423 g/mol. The van der Waals surface area contributed by atoms with E-state index in [0.717, 1.165) is 10.6 Å². The normalized spacial score (nSPS) is 19.3. The minimum atomic E-state index is -3.01. The van der Waals surface area contributed by atoms with Gasteiger partial charge in [-0.05, 0) is 32.2 Å². The molecule has 0 bridgehead atoms. The lowest BCUT2D eigenvalue weighted by Gasteiger charge is -2.20. The number of aromatic nitrogens is 1. The molecule has 0 saturated carbocycles. The Balaban J connectivity index is 1.76. The summed E-state index contributed by atoms with van der Waals surface area (Å²) < 4.78 is 33.9.